The molecule has 3 N–H and O–H groups in total. The van der Waals surface area contributed by atoms with Crippen molar-refractivity contribution in [1.82, 2.24) is 10.2 Å². The first-order valence-electron chi connectivity index (χ1n) is 11.1. The Hall–Kier alpha value is -2.47. The van der Waals surface area contributed by atoms with E-state index in [1.54, 1.807) is 12.1 Å². The van der Waals surface area contributed by atoms with E-state index in [1.165, 1.54) is 33.2 Å². The summed E-state index contributed by atoms with van der Waals surface area (Å²) in [5.74, 6) is -1.71. The minimum absolute atomic E-state index is 0. The zero-order chi connectivity index (χ0) is 24.7. The molecule has 0 bridgehead atoms. The summed E-state index contributed by atoms with van der Waals surface area (Å²) in [6, 6.07) is 1.56. The number of aliphatic hydroxyl groups excluding tert-OH is 1. The van der Waals surface area contributed by atoms with Gasteiger partial charge in [0.1, 0.15) is 0 Å². The molecule has 1 aliphatic carbocycles. The third kappa shape index (κ3) is 4.57. The molecule has 1 aromatic rings. The number of nitrogens with zero attached hydrogens (tertiary/aromatic N) is 1. The number of carboxylic acids is 1. The minimum Gasteiger partial charge on any atom is -0.543 e. The predicted molar refractivity (Wildman–Crippen MR) is 117 cm³/mol. The molecule has 0 spiro atoms. The van der Waals surface area contributed by atoms with E-state index in [1.807, 2.05) is 0 Å². The Morgan fingerprint density at radius 1 is 1.14 bits per heavy atom. The number of ether oxygens (including phenoxy) is 3. The van der Waals surface area contributed by atoms with Gasteiger partial charge in [-0.25, -0.2) is 4.79 Å². The Kier molecular flexibility index (Phi) is 8.25. The number of nitrogens with one attached hydrogen (secondary N) is 2. The number of aliphatic carboxylic acids is 1. The van der Waals surface area contributed by atoms with Crippen LogP contribution >= 0.6 is 0 Å². The monoisotopic (exact) mass is 497 g/mol. The molecule has 0 aromatic heterocycles. The second kappa shape index (κ2) is 10.7. The fraction of sp³-hybridized carbons (Fsp3) is 0.522. The van der Waals surface area contributed by atoms with Crippen LogP contribution < -0.4 is 59.5 Å². The van der Waals surface area contributed by atoms with Gasteiger partial charge in [-0.15, -0.1) is 0 Å². The summed E-state index contributed by atoms with van der Waals surface area (Å²) in [6.45, 7) is 1.53. The Morgan fingerprint density at radius 2 is 1.77 bits per heavy atom. The number of carboxylic acid groups (broad SMARTS) is 1. The number of fused-ring (bicyclic) bond motifs is 3. The Morgan fingerprint density at radius 3 is 2.29 bits per heavy atom. The summed E-state index contributed by atoms with van der Waals surface area (Å²) < 4.78 is 15.9. The van der Waals surface area contributed by atoms with Crippen LogP contribution in [0.25, 0.3) is 0 Å². The molecule has 35 heavy (non-hydrogen) atoms. The quantitative estimate of drug-likeness (QED) is 0.271. The molecule has 1 saturated heterocycles. The van der Waals surface area contributed by atoms with Crippen molar-refractivity contribution in [1.29, 1.82) is 0 Å². The molecule has 5 atom stereocenters. The molecule has 4 rings (SSSR count). The molecule has 1 saturated carbocycles. The number of methoxy groups -OCH3 is 3. The molecule has 2 fully saturated rings. The molecule has 2 heterocycles. The molecule has 2 aliphatic heterocycles. The topological polar surface area (TPSA) is 149 Å². The maximum atomic E-state index is 12.9. The number of hydrogen-bond donors (Lipinski definition) is 3. The fourth-order valence-corrected chi connectivity index (χ4v) is 5.50. The number of urea groups is 1. The molecule has 0 radical (unpaired) electrons. The van der Waals surface area contributed by atoms with Crippen LogP contribution in [0.3, 0.4) is 0 Å². The van der Waals surface area contributed by atoms with Crippen LogP contribution in [-0.2, 0) is 9.59 Å². The van der Waals surface area contributed by atoms with Crippen LogP contribution in [0.15, 0.2) is 23.4 Å². The maximum Gasteiger partial charge on any atom is 1.00 e. The molecule has 11 nitrogen and oxygen atoms in total. The van der Waals surface area contributed by atoms with Gasteiger partial charge in [-0.2, -0.15) is 0 Å². The second-order valence-corrected chi connectivity index (χ2v) is 8.66. The predicted octanol–water partition coefficient (Wildman–Crippen LogP) is -2.77. The average molecular weight is 497 g/mol. The number of rotatable bonds is 7. The van der Waals surface area contributed by atoms with E-state index in [9.17, 15) is 24.6 Å². The summed E-state index contributed by atoms with van der Waals surface area (Å²) in [4.78, 5) is 38.7. The molecule has 184 valence electrons. The van der Waals surface area contributed by atoms with Gasteiger partial charge in [0.15, 0.2) is 11.5 Å². The molecular formula is C23H28N3NaO8. The van der Waals surface area contributed by atoms with Gasteiger partial charge in [0.2, 0.25) is 11.7 Å². The first-order valence-corrected chi connectivity index (χ1v) is 11.1. The van der Waals surface area contributed by atoms with Crippen molar-refractivity contribution < 1.29 is 68.4 Å². The summed E-state index contributed by atoms with van der Waals surface area (Å²) in [5.41, 5.74) is 0.676. The first kappa shape index (κ1) is 27.1. The fourth-order valence-electron chi connectivity index (χ4n) is 5.50. The number of amides is 3. The normalized spacial score (nSPS) is 25.4. The van der Waals surface area contributed by atoms with Crippen LogP contribution in [0.2, 0.25) is 0 Å². The molecule has 3 aliphatic rings. The summed E-state index contributed by atoms with van der Waals surface area (Å²) in [5, 5.41) is 27.6. The van der Waals surface area contributed by atoms with Crippen molar-refractivity contribution in [3.05, 3.63) is 23.4 Å². The first-order chi connectivity index (χ1) is 16.2. The van der Waals surface area contributed by atoms with Gasteiger partial charge in [0.05, 0.1) is 62.8 Å². The Balaban J connectivity index is 0.00000342. The van der Waals surface area contributed by atoms with E-state index in [4.69, 9.17) is 14.2 Å². The van der Waals surface area contributed by atoms with Gasteiger partial charge in [-0.05, 0) is 25.3 Å². The van der Waals surface area contributed by atoms with Crippen LogP contribution in [0, 0.1) is 11.8 Å². The maximum absolute atomic E-state index is 12.9. The third-order valence-electron chi connectivity index (χ3n) is 6.84. The van der Waals surface area contributed by atoms with Crippen LogP contribution in [-0.4, -0.2) is 67.4 Å². The molecular weight excluding hydrogens is 469 g/mol. The third-order valence-corrected chi connectivity index (χ3v) is 6.84. The second-order valence-electron chi connectivity index (χ2n) is 8.66. The molecule has 12 heteroatoms. The van der Waals surface area contributed by atoms with E-state index in [0.29, 0.717) is 41.4 Å². The number of carbonyl (C=O) groups excluding carboxylic acids is 3. The number of β-lactam (4-membered cyclic amide) rings is 1. The Bertz CT molecular complexity index is 1030. The standard InChI is InChI=1S/C23H29N3O8.Na/c1-10(27)16-18-12-6-5-7-13(17(12)19(22(29)30)26(18)21(16)28)25-23(31)24-11-8-14(32-2)20(34-4)15(9-11)33-3;/h8-10,12-13,16,18,27H,5-7H2,1-4H3,(H,29,30)(H2,24,25,31);/q;+1/p-1/t10?,12-,13-,16+,18+;/m0./s1. The van der Waals surface area contributed by atoms with Crippen molar-refractivity contribution >= 4 is 23.6 Å². The van der Waals surface area contributed by atoms with Crippen LogP contribution in [0.5, 0.6) is 17.2 Å². The number of carbonyl (C=O) groups is 3. The van der Waals surface area contributed by atoms with Crippen LogP contribution in [0.1, 0.15) is 26.2 Å². The zero-order valence-corrected chi connectivity index (χ0v) is 22.4. The van der Waals surface area contributed by atoms with Gasteiger partial charge in [-0.1, -0.05) is 6.42 Å². The van der Waals surface area contributed by atoms with Crippen LogP contribution in [0.4, 0.5) is 10.5 Å². The van der Waals surface area contributed by atoms with E-state index in [-0.39, 0.29) is 41.2 Å². The summed E-state index contributed by atoms with van der Waals surface area (Å²) in [6.07, 6.45) is 1.01. The van der Waals surface area contributed by atoms with E-state index in [0.717, 1.165) is 6.42 Å². The van der Waals surface area contributed by atoms with Gasteiger partial charge in [0, 0.05) is 18.1 Å². The van der Waals surface area contributed by atoms with Crippen molar-refractivity contribution in [2.75, 3.05) is 26.6 Å². The largest absolute Gasteiger partial charge is 1.00 e. The van der Waals surface area contributed by atoms with Crippen molar-refractivity contribution in [2.24, 2.45) is 11.8 Å². The van der Waals surface area contributed by atoms with Gasteiger partial charge < -0.3 is 44.8 Å². The summed E-state index contributed by atoms with van der Waals surface area (Å²) >= 11 is 0. The number of hydrogen-bond acceptors (Lipinski definition) is 8. The average Bonchev–Trinajstić information content (AvgIpc) is 3.09. The van der Waals surface area contributed by atoms with Crippen molar-refractivity contribution in [3.63, 3.8) is 0 Å². The van der Waals surface area contributed by atoms with E-state index in [2.05, 4.69) is 10.6 Å². The SMILES string of the molecule is COc1cc(NC(=O)N[C@H]2CCC[C@H]3C2=C(C(=O)[O-])N2C(=O)[C@H](C(C)O)[C@@H]32)cc(OC)c1OC.[Na+]. The van der Waals surface area contributed by atoms with Gasteiger partial charge in [0.25, 0.3) is 0 Å². The number of anilines is 1. The van der Waals surface area contributed by atoms with E-state index >= 15 is 0 Å². The zero-order valence-electron chi connectivity index (χ0n) is 20.4. The molecule has 1 unspecified atom stereocenters. The van der Waals surface area contributed by atoms with Gasteiger partial charge >= 0.3 is 35.6 Å². The van der Waals surface area contributed by atoms with Crippen molar-refractivity contribution in [2.45, 2.75) is 44.4 Å². The molecule has 1 aromatic carbocycles. The minimum atomic E-state index is -1.46. The van der Waals surface area contributed by atoms with E-state index < -0.39 is 42.0 Å². The Labute approximate surface area is 225 Å². The van der Waals surface area contributed by atoms with Gasteiger partial charge in [-0.3, -0.25) is 4.79 Å². The van der Waals surface area contributed by atoms with Crippen molar-refractivity contribution in [3.8, 4) is 17.2 Å². The summed E-state index contributed by atoms with van der Waals surface area (Å²) in [7, 11) is 4.39. The smallest absolute Gasteiger partial charge is 0.543 e. The molecule has 3 amide bonds. The number of aliphatic hydroxyl groups is 1. The number of benzene rings is 1.